The van der Waals surface area contributed by atoms with Gasteiger partial charge in [0.2, 0.25) is 0 Å². The summed E-state index contributed by atoms with van der Waals surface area (Å²) in [6.45, 7) is 13.2. The average Bonchev–Trinajstić information content (AvgIpc) is 3.13. The summed E-state index contributed by atoms with van der Waals surface area (Å²) in [6.07, 6.45) is 13.0. The number of carbonyl (C=O) groups excluding carboxylic acids is 1. The average molecular weight is 429 g/mol. The Morgan fingerprint density at radius 3 is 2.65 bits per heavy atom. The first-order valence-electron chi connectivity index (χ1n) is 12.8. The van der Waals surface area contributed by atoms with Crippen molar-refractivity contribution in [3.63, 3.8) is 0 Å². The number of carbonyl (C=O) groups is 1. The first-order valence-corrected chi connectivity index (χ1v) is 12.8. The standard InChI is InChI=1S/C28H44O3/c1-18(2)19(3)10-14-27(5,31)25-9-8-24-22-7-6-20-16-21(30)11-13-26(20,4)23(22)12-15-28(24,25)17-29/h11,13,18,20,22-25,29,31H,3,6-10,12,14-17H2,1-2,4-5H3. The molecule has 4 aliphatic rings. The van der Waals surface area contributed by atoms with Crippen molar-refractivity contribution in [2.45, 2.75) is 91.1 Å². The van der Waals surface area contributed by atoms with Gasteiger partial charge in [-0.2, -0.15) is 0 Å². The molecule has 0 bridgehead atoms. The van der Waals surface area contributed by atoms with Crippen molar-refractivity contribution in [3.8, 4) is 0 Å². The van der Waals surface area contributed by atoms with Crippen LogP contribution >= 0.6 is 0 Å². The molecule has 4 aliphatic carbocycles. The maximum Gasteiger partial charge on any atom is 0.155 e. The number of allylic oxidation sites excluding steroid dienone is 3. The second-order valence-corrected chi connectivity index (χ2v) is 12.3. The van der Waals surface area contributed by atoms with E-state index in [9.17, 15) is 15.0 Å². The van der Waals surface area contributed by atoms with Gasteiger partial charge < -0.3 is 10.2 Å². The molecule has 0 radical (unpaired) electrons. The summed E-state index contributed by atoms with van der Waals surface area (Å²) >= 11 is 0. The van der Waals surface area contributed by atoms with E-state index in [0.717, 1.165) is 44.9 Å². The normalized spacial score (nSPS) is 43.8. The predicted octanol–water partition coefficient (Wildman–Crippen LogP) is 5.71. The van der Waals surface area contributed by atoms with Crippen molar-refractivity contribution in [2.75, 3.05) is 6.61 Å². The van der Waals surface area contributed by atoms with Crippen molar-refractivity contribution in [1.29, 1.82) is 0 Å². The Morgan fingerprint density at radius 1 is 1.23 bits per heavy atom. The minimum atomic E-state index is -0.763. The third-order valence-electron chi connectivity index (χ3n) is 10.6. The highest BCUT2D eigenvalue weighted by Crippen LogP contribution is 2.68. The largest absolute Gasteiger partial charge is 0.396 e. The van der Waals surface area contributed by atoms with E-state index in [1.165, 1.54) is 12.0 Å². The van der Waals surface area contributed by atoms with Gasteiger partial charge in [-0.05, 0) is 105 Å². The van der Waals surface area contributed by atoms with E-state index in [-0.39, 0.29) is 23.4 Å². The number of hydrogen-bond donors (Lipinski definition) is 2. The lowest BCUT2D eigenvalue weighted by molar-refractivity contribution is -0.145. The van der Waals surface area contributed by atoms with Gasteiger partial charge in [0, 0.05) is 18.4 Å². The molecule has 0 spiro atoms. The van der Waals surface area contributed by atoms with Crippen LogP contribution in [-0.2, 0) is 4.79 Å². The molecule has 31 heavy (non-hydrogen) atoms. The van der Waals surface area contributed by atoms with E-state index in [1.807, 2.05) is 13.0 Å². The molecule has 0 amide bonds. The van der Waals surface area contributed by atoms with Crippen molar-refractivity contribution in [3.05, 3.63) is 24.3 Å². The molecule has 0 aromatic heterocycles. The van der Waals surface area contributed by atoms with Crippen LogP contribution in [0.1, 0.15) is 85.5 Å². The Hall–Kier alpha value is -0.930. The molecule has 3 heteroatoms. The monoisotopic (exact) mass is 428 g/mol. The summed E-state index contributed by atoms with van der Waals surface area (Å²) in [5.41, 5.74) is 0.414. The van der Waals surface area contributed by atoms with Gasteiger partial charge in [-0.1, -0.05) is 39.0 Å². The highest BCUT2D eigenvalue weighted by atomic mass is 16.3. The van der Waals surface area contributed by atoms with Crippen LogP contribution in [0.2, 0.25) is 0 Å². The fraction of sp³-hybridized carbons (Fsp3) is 0.821. The fourth-order valence-electron chi connectivity index (χ4n) is 8.56. The van der Waals surface area contributed by atoms with E-state index >= 15 is 0 Å². The number of fused-ring (bicyclic) bond motifs is 5. The maximum atomic E-state index is 12.1. The molecule has 3 nitrogen and oxygen atoms in total. The number of rotatable bonds is 6. The molecule has 174 valence electrons. The van der Waals surface area contributed by atoms with Gasteiger partial charge in [0.15, 0.2) is 5.78 Å². The van der Waals surface area contributed by atoms with Gasteiger partial charge in [0.1, 0.15) is 0 Å². The molecule has 2 N–H and O–H groups in total. The zero-order valence-electron chi connectivity index (χ0n) is 20.2. The summed E-state index contributed by atoms with van der Waals surface area (Å²) in [7, 11) is 0. The Balaban J connectivity index is 1.57. The van der Waals surface area contributed by atoms with E-state index in [4.69, 9.17) is 0 Å². The topological polar surface area (TPSA) is 57.5 Å². The smallest absolute Gasteiger partial charge is 0.155 e. The van der Waals surface area contributed by atoms with Crippen LogP contribution in [0.15, 0.2) is 24.3 Å². The molecule has 0 aliphatic heterocycles. The van der Waals surface area contributed by atoms with Crippen molar-refractivity contribution < 1.29 is 15.0 Å². The molecular weight excluding hydrogens is 384 g/mol. The number of hydrogen-bond acceptors (Lipinski definition) is 3. The lowest BCUT2D eigenvalue weighted by Gasteiger charge is -2.60. The van der Waals surface area contributed by atoms with Gasteiger partial charge in [-0.3, -0.25) is 4.79 Å². The van der Waals surface area contributed by atoms with Crippen LogP contribution < -0.4 is 0 Å². The van der Waals surface area contributed by atoms with Crippen LogP contribution in [0.3, 0.4) is 0 Å². The van der Waals surface area contributed by atoms with Crippen LogP contribution in [0, 0.1) is 46.3 Å². The summed E-state index contributed by atoms with van der Waals surface area (Å²) in [5, 5.41) is 22.4. The first kappa shape index (κ1) is 23.2. The fourth-order valence-corrected chi connectivity index (χ4v) is 8.56. The molecule has 0 aromatic carbocycles. The number of ketones is 1. The van der Waals surface area contributed by atoms with E-state index in [2.05, 4.69) is 33.4 Å². The summed E-state index contributed by atoms with van der Waals surface area (Å²) in [5.74, 6) is 3.07. The zero-order valence-corrected chi connectivity index (χ0v) is 20.2. The van der Waals surface area contributed by atoms with Crippen molar-refractivity contribution in [2.24, 2.45) is 46.3 Å². The lowest BCUT2D eigenvalue weighted by atomic mass is 9.45. The van der Waals surface area contributed by atoms with Crippen LogP contribution in [-0.4, -0.2) is 28.2 Å². The maximum absolute atomic E-state index is 12.1. The van der Waals surface area contributed by atoms with E-state index in [0.29, 0.717) is 41.8 Å². The second-order valence-electron chi connectivity index (χ2n) is 12.3. The minimum Gasteiger partial charge on any atom is -0.396 e. The van der Waals surface area contributed by atoms with Gasteiger partial charge in [-0.25, -0.2) is 0 Å². The molecule has 8 unspecified atom stereocenters. The third kappa shape index (κ3) is 3.68. The number of aliphatic hydroxyl groups excluding tert-OH is 1. The van der Waals surface area contributed by atoms with Gasteiger partial charge in [-0.15, -0.1) is 0 Å². The van der Waals surface area contributed by atoms with Crippen molar-refractivity contribution >= 4 is 5.78 Å². The van der Waals surface area contributed by atoms with E-state index in [1.54, 1.807) is 0 Å². The minimum absolute atomic E-state index is 0.119. The summed E-state index contributed by atoms with van der Waals surface area (Å²) in [4.78, 5) is 12.1. The van der Waals surface area contributed by atoms with Crippen LogP contribution in [0.25, 0.3) is 0 Å². The second kappa shape index (κ2) is 8.13. The Bertz CT molecular complexity index is 749. The third-order valence-corrected chi connectivity index (χ3v) is 10.6. The van der Waals surface area contributed by atoms with Gasteiger partial charge in [0.05, 0.1) is 5.60 Å². The lowest BCUT2D eigenvalue weighted by Crippen LogP contribution is -2.56. The Kier molecular flexibility index (Phi) is 6.10. The molecule has 0 aromatic rings. The molecule has 0 saturated heterocycles. The molecule has 3 saturated carbocycles. The van der Waals surface area contributed by atoms with E-state index < -0.39 is 5.60 Å². The SMILES string of the molecule is C=C(CCC(C)(O)C1CCC2C3CCC4CC(=O)C=CC4(C)C3CCC21CO)C(C)C. The number of aliphatic hydroxyl groups is 2. The summed E-state index contributed by atoms with van der Waals surface area (Å²) in [6, 6.07) is 0. The Morgan fingerprint density at radius 2 is 1.97 bits per heavy atom. The molecule has 4 rings (SSSR count). The van der Waals surface area contributed by atoms with Gasteiger partial charge >= 0.3 is 0 Å². The van der Waals surface area contributed by atoms with Crippen molar-refractivity contribution in [1.82, 2.24) is 0 Å². The highest BCUT2D eigenvalue weighted by Gasteiger charge is 2.63. The zero-order chi connectivity index (χ0) is 22.6. The quantitative estimate of drug-likeness (QED) is 0.533. The predicted molar refractivity (Wildman–Crippen MR) is 125 cm³/mol. The molecule has 3 fully saturated rings. The highest BCUT2D eigenvalue weighted by molar-refractivity contribution is 5.91. The molecular formula is C28H44O3. The first-order chi connectivity index (χ1) is 14.5. The molecule has 8 atom stereocenters. The molecule has 0 heterocycles. The summed E-state index contributed by atoms with van der Waals surface area (Å²) < 4.78 is 0. The van der Waals surface area contributed by atoms with Gasteiger partial charge in [0.25, 0.3) is 0 Å². The Labute approximate surface area is 189 Å². The van der Waals surface area contributed by atoms with Crippen LogP contribution in [0.4, 0.5) is 0 Å². The van der Waals surface area contributed by atoms with Crippen LogP contribution in [0.5, 0.6) is 0 Å².